The SMILES string of the molecule is CC(C)(C#N)c1cc(Cn2cncn2)cc(C(C)(C)C#N)c1.CC(C)Oc1ccc2c(=O)c(-c3ccccc3)coc2c1.COc1ccc2[nH]c([S+]([O-])Cc3ncc(C)c(OC)c3C)nc2c1.COc1ccc2[nH]cc(CCNC(C)=O)c2c1.NNc1ccccc1.O=C(O)CC(O)(CC(=O)O)C(=O)O. The lowest BCUT2D eigenvalue weighted by atomic mass is 9.79. The quantitative estimate of drug-likeness (QED) is 0.0173. The van der Waals surface area contributed by atoms with Gasteiger partial charge < -0.3 is 64.1 Å². The first-order valence-corrected chi connectivity index (χ1v) is 34.0. The molecule has 0 aliphatic carbocycles. The smallest absolute Gasteiger partial charge is 0.336 e. The number of carboxylic acids is 3. The van der Waals surface area contributed by atoms with Crippen LogP contribution >= 0.6 is 0 Å². The summed E-state index contributed by atoms with van der Waals surface area (Å²) in [6.07, 6.45) is 6.97. The Hall–Kier alpha value is -12.1. The van der Waals surface area contributed by atoms with Crippen molar-refractivity contribution in [2.24, 2.45) is 5.84 Å². The molecule has 1 amide bonds. The Bertz CT molecular complexity index is 4810. The number of ether oxygens (including phenoxy) is 4. The molecule has 11 rings (SSSR count). The monoisotopic (exact) mass is 1450 g/mol. The van der Waals surface area contributed by atoms with E-state index in [0.717, 1.165) is 84.6 Å². The number of anilines is 1. The number of aromatic amines is 2. The van der Waals surface area contributed by atoms with E-state index in [2.05, 4.69) is 52.9 Å². The van der Waals surface area contributed by atoms with Crippen LogP contribution in [0.3, 0.4) is 0 Å². The van der Waals surface area contributed by atoms with Crippen molar-refractivity contribution in [1.29, 1.82) is 10.5 Å². The number of fused-ring (bicyclic) bond motifs is 3. The molecular formula is C77H86N12O15S. The van der Waals surface area contributed by atoms with Crippen LogP contribution in [0, 0.1) is 36.5 Å². The number of hydrogen-bond donors (Lipinski definition) is 9. The van der Waals surface area contributed by atoms with Crippen LogP contribution in [0.5, 0.6) is 23.0 Å². The summed E-state index contributed by atoms with van der Waals surface area (Å²) in [5, 5.41) is 61.7. The summed E-state index contributed by atoms with van der Waals surface area (Å²) in [5.41, 5.74) is 10.7. The third-order valence-corrected chi connectivity index (χ3v) is 17.0. The lowest BCUT2D eigenvalue weighted by Gasteiger charge is -2.23. The summed E-state index contributed by atoms with van der Waals surface area (Å²) < 4.78 is 41.4. The number of nitrogen functional groups attached to an aromatic ring is 1. The van der Waals surface area contributed by atoms with Gasteiger partial charge in [-0.05, 0) is 144 Å². The normalized spacial score (nSPS) is 11.2. The van der Waals surface area contributed by atoms with Crippen molar-refractivity contribution in [1.82, 2.24) is 40.0 Å². The third kappa shape index (κ3) is 23.7. The van der Waals surface area contributed by atoms with Gasteiger partial charge in [0.15, 0.2) is 16.8 Å². The number of pyridine rings is 1. The van der Waals surface area contributed by atoms with Crippen molar-refractivity contribution in [3.8, 4) is 46.3 Å². The van der Waals surface area contributed by atoms with Gasteiger partial charge in [0.05, 0.1) is 97.5 Å². The van der Waals surface area contributed by atoms with E-state index in [1.165, 1.54) is 25.1 Å². The van der Waals surface area contributed by atoms with Crippen LogP contribution in [0.2, 0.25) is 0 Å². The van der Waals surface area contributed by atoms with Crippen LogP contribution in [0.15, 0.2) is 179 Å². The summed E-state index contributed by atoms with van der Waals surface area (Å²) in [5.74, 6) is 3.41. The number of nitriles is 2. The first-order chi connectivity index (χ1) is 49.9. The van der Waals surface area contributed by atoms with Gasteiger partial charge in [-0.3, -0.25) is 35.0 Å². The number of hydrogen-bond acceptors (Lipinski definition) is 20. The molecule has 0 fully saturated rings. The summed E-state index contributed by atoms with van der Waals surface area (Å²) in [7, 11) is 4.89. The molecule has 0 bridgehead atoms. The van der Waals surface area contributed by atoms with Gasteiger partial charge in [0.1, 0.15) is 47.5 Å². The number of aliphatic carboxylic acids is 3. The number of benzene rings is 6. The zero-order chi connectivity index (χ0) is 77.2. The van der Waals surface area contributed by atoms with Gasteiger partial charge in [0.25, 0.3) is 0 Å². The third-order valence-electron chi connectivity index (χ3n) is 15.9. The second kappa shape index (κ2) is 38.3. The van der Waals surface area contributed by atoms with Gasteiger partial charge in [0.2, 0.25) is 5.91 Å². The number of H-pyrrole nitrogens is 2. The highest BCUT2D eigenvalue weighted by Gasteiger charge is 2.41. The highest BCUT2D eigenvalue weighted by Crippen LogP contribution is 2.32. The Labute approximate surface area is 609 Å². The lowest BCUT2D eigenvalue weighted by Crippen LogP contribution is -2.42. The minimum absolute atomic E-state index is 0.00224. The Balaban J connectivity index is 0.000000203. The second-order valence-corrected chi connectivity index (χ2v) is 26.4. The zero-order valence-corrected chi connectivity index (χ0v) is 61.1. The molecule has 0 radical (unpaired) electrons. The molecule has 27 nitrogen and oxygen atoms in total. The Morgan fingerprint density at radius 1 is 0.781 bits per heavy atom. The van der Waals surface area contributed by atoms with E-state index >= 15 is 0 Å². The Morgan fingerprint density at radius 3 is 1.91 bits per heavy atom. The van der Waals surface area contributed by atoms with Crippen LogP contribution in [0.25, 0.3) is 44.0 Å². The molecule has 550 valence electrons. The molecule has 6 aromatic carbocycles. The maximum absolute atomic E-state index is 12.7. The number of hydrazine groups is 1. The molecule has 0 aliphatic rings. The summed E-state index contributed by atoms with van der Waals surface area (Å²) in [6.45, 7) is 18.0. The molecule has 0 aliphatic heterocycles. The largest absolute Gasteiger partial charge is 0.609 e. The molecule has 0 spiro atoms. The number of amides is 1. The topological polar surface area (TPSA) is 425 Å². The van der Waals surface area contributed by atoms with Crippen molar-refractivity contribution in [2.45, 2.75) is 122 Å². The zero-order valence-electron chi connectivity index (χ0n) is 60.3. The molecule has 5 aromatic heterocycles. The van der Waals surface area contributed by atoms with Gasteiger partial charge in [-0.15, -0.1) is 0 Å². The first kappa shape index (κ1) is 81.9. The average molecular weight is 1450 g/mol. The molecule has 0 saturated carbocycles. The van der Waals surface area contributed by atoms with Crippen LogP contribution in [0.4, 0.5) is 5.69 Å². The number of carboxylic acid groups (broad SMARTS) is 3. The van der Waals surface area contributed by atoms with Crippen LogP contribution in [-0.2, 0) is 59.9 Å². The van der Waals surface area contributed by atoms with Crippen LogP contribution < -0.4 is 41.0 Å². The molecule has 5 heterocycles. The van der Waals surface area contributed by atoms with Gasteiger partial charge in [-0.2, -0.15) is 20.6 Å². The van der Waals surface area contributed by atoms with E-state index in [1.54, 1.807) is 56.7 Å². The highest BCUT2D eigenvalue weighted by atomic mass is 32.2. The number of imidazole rings is 1. The number of aliphatic hydroxyl groups is 1. The highest BCUT2D eigenvalue weighted by molar-refractivity contribution is 7.90. The molecule has 11 aromatic rings. The van der Waals surface area contributed by atoms with Crippen molar-refractivity contribution >= 4 is 73.6 Å². The first-order valence-electron chi connectivity index (χ1n) is 32.7. The number of para-hydroxylation sites is 1. The second-order valence-electron chi connectivity index (χ2n) is 25.1. The van der Waals surface area contributed by atoms with Gasteiger partial charge in [0, 0.05) is 76.9 Å². The summed E-state index contributed by atoms with van der Waals surface area (Å²) >= 11 is -1.33. The number of methoxy groups -OCH3 is 3. The average Bonchev–Trinajstić information content (AvgIpc) is 1.75. The number of carbonyl (C=O) groups excluding carboxylic acids is 1. The van der Waals surface area contributed by atoms with E-state index in [0.29, 0.717) is 46.3 Å². The standard InChI is InChI=1S/C18H16O3.C17H19N5.C17H19N3O3S.C13H16N2O2.C6H8N2.C6H8O7/c1-12(2)21-14-8-9-15-17(10-14)20-11-16(18(15)19)13-6-4-3-5-7-13;1-16(2,9-18)14-5-13(8-22-12-20-11-21-22)6-15(7-14)17(3,4)10-19;1-10-8-18-15(11(2)16(10)23-4)9-24(21)17-19-13-6-5-12(22-3)7-14(13)20-17;1-9(16)14-6-5-10-8-15-13-4-3-11(17-2)7-12(10)13;7-8-6-4-2-1-3-5-6;7-3(8)1-6(13,5(11)12)2-4(9)10/h3-12H,1-2H3;5-7,11-12H,8H2,1-4H3;5-8H,9H2,1-4H3,(H,19,20);3-4,7-8,15H,5-6H2,1-2H3,(H,14,16);1-5,8H,7H2;13H,1-2H2,(H,7,8)(H,9,10)(H,11,12). The number of rotatable bonds is 22. The number of nitrogens with one attached hydrogen (secondary N) is 4. The molecule has 1 atom stereocenters. The number of carbonyl (C=O) groups is 4. The molecule has 1 unspecified atom stereocenters. The molecule has 105 heavy (non-hydrogen) atoms. The van der Waals surface area contributed by atoms with E-state index in [9.17, 15) is 39.0 Å². The number of aromatic nitrogens is 7. The molecule has 10 N–H and O–H groups in total. The Morgan fingerprint density at radius 2 is 1.38 bits per heavy atom. The molecular weight excluding hydrogens is 1360 g/mol. The van der Waals surface area contributed by atoms with Crippen molar-refractivity contribution in [3.63, 3.8) is 0 Å². The fourth-order valence-electron chi connectivity index (χ4n) is 10.1. The Kier molecular flexibility index (Phi) is 29.8. The predicted octanol–water partition coefficient (Wildman–Crippen LogP) is 11.7. The predicted molar refractivity (Wildman–Crippen MR) is 398 cm³/mol. The summed E-state index contributed by atoms with van der Waals surface area (Å²) in [4.78, 5) is 72.9. The summed E-state index contributed by atoms with van der Waals surface area (Å²) in [6, 6.07) is 46.5. The number of nitrogens with two attached hydrogens (primary N) is 1. The fraction of sp³-hybridized carbons (Fsp3) is 0.286. The van der Waals surface area contributed by atoms with Crippen molar-refractivity contribution < 1.29 is 67.5 Å². The van der Waals surface area contributed by atoms with Crippen molar-refractivity contribution in [2.75, 3.05) is 33.3 Å². The maximum Gasteiger partial charge on any atom is 0.336 e. The van der Waals surface area contributed by atoms with Gasteiger partial charge in [-0.1, -0.05) is 66.7 Å². The molecule has 28 heteroatoms. The van der Waals surface area contributed by atoms with E-state index in [4.69, 9.17) is 49.6 Å². The van der Waals surface area contributed by atoms with Crippen molar-refractivity contribution in [3.05, 3.63) is 214 Å². The van der Waals surface area contributed by atoms with Crippen LogP contribution in [0.1, 0.15) is 100 Å². The molecule has 0 saturated heterocycles. The lowest BCUT2D eigenvalue weighted by molar-refractivity contribution is -0.170. The van der Waals surface area contributed by atoms with E-state index in [1.807, 2.05) is 177 Å². The van der Waals surface area contributed by atoms with Gasteiger partial charge >= 0.3 is 23.1 Å². The van der Waals surface area contributed by atoms with Crippen LogP contribution in [-0.4, -0.2) is 123 Å². The fourth-order valence-corrected chi connectivity index (χ4v) is 11.2. The number of aryl methyl sites for hydroxylation is 1. The number of nitrogens with zero attached hydrogens (tertiary/aromatic N) is 7. The van der Waals surface area contributed by atoms with Gasteiger partial charge in [-0.25, -0.2) is 14.5 Å². The minimum Gasteiger partial charge on any atom is -0.609 e. The van der Waals surface area contributed by atoms with E-state index < -0.39 is 58.4 Å². The van der Waals surface area contributed by atoms with E-state index in [-0.39, 0.29) is 23.2 Å². The minimum atomic E-state index is -2.74. The maximum atomic E-state index is 12.7.